The Morgan fingerprint density at radius 1 is 1.12 bits per heavy atom. The number of hydrogen-bond donors (Lipinski definition) is 3. The molecule has 0 heterocycles. The van der Waals surface area contributed by atoms with Crippen molar-refractivity contribution in [1.82, 2.24) is 0 Å². The van der Waals surface area contributed by atoms with Crippen molar-refractivity contribution in [1.29, 1.82) is 0 Å². The van der Waals surface area contributed by atoms with E-state index < -0.39 is 18.3 Å². The highest BCUT2D eigenvalue weighted by atomic mass is 16.4. The van der Waals surface area contributed by atoms with Crippen molar-refractivity contribution in [3.8, 4) is 0 Å². The van der Waals surface area contributed by atoms with E-state index in [2.05, 4.69) is 0 Å². The van der Waals surface area contributed by atoms with Gasteiger partial charge < -0.3 is 15.3 Å². The van der Waals surface area contributed by atoms with E-state index in [-0.39, 0.29) is 12.0 Å². The number of aliphatic carboxylic acids is 1. The summed E-state index contributed by atoms with van der Waals surface area (Å²) in [5.74, 6) is -1.66. The Kier molecular flexibility index (Phi) is 4.54. The number of carbonyl (C=O) groups is 1. The molecule has 1 aromatic rings. The molecule has 3 N–H and O–H groups in total. The average Bonchev–Trinajstić information content (AvgIpc) is 2.30. The van der Waals surface area contributed by atoms with Crippen LogP contribution in [0, 0.1) is 0 Å². The van der Waals surface area contributed by atoms with Crippen LogP contribution in [0.3, 0.4) is 0 Å². The van der Waals surface area contributed by atoms with Crippen LogP contribution in [0.25, 0.3) is 0 Å². The number of rotatable bonds is 5. The predicted octanol–water partition coefficient (Wildman–Crippen LogP) is 1.51. The van der Waals surface area contributed by atoms with Crippen LogP contribution < -0.4 is 0 Å². The molecule has 0 fully saturated rings. The largest absolute Gasteiger partial charge is 0.509 e. The maximum Gasteiger partial charge on any atom is 0.335 e. The third-order valence-electron chi connectivity index (χ3n) is 2.26. The fourth-order valence-electron chi connectivity index (χ4n) is 1.38. The van der Waals surface area contributed by atoms with Crippen molar-refractivity contribution in [2.75, 3.05) is 6.61 Å². The highest BCUT2D eigenvalue weighted by molar-refractivity contribution is 5.87. The van der Waals surface area contributed by atoms with Crippen LogP contribution in [0.1, 0.15) is 12.0 Å². The minimum atomic E-state index is -1.19. The maximum atomic E-state index is 10.8. The predicted molar refractivity (Wildman–Crippen MR) is 59.1 cm³/mol. The molecule has 86 valence electrons. The molecule has 0 aromatic heterocycles. The van der Waals surface area contributed by atoms with E-state index in [1.165, 1.54) is 0 Å². The summed E-state index contributed by atoms with van der Waals surface area (Å²) >= 11 is 0. The first-order valence-electron chi connectivity index (χ1n) is 4.94. The molecule has 16 heavy (non-hydrogen) atoms. The highest BCUT2D eigenvalue weighted by Gasteiger charge is 2.13. The lowest BCUT2D eigenvalue weighted by atomic mass is 10.0. The highest BCUT2D eigenvalue weighted by Crippen LogP contribution is 2.12. The topological polar surface area (TPSA) is 77.8 Å². The molecule has 0 saturated heterocycles. The van der Waals surface area contributed by atoms with Crippen molar-refractivity contribution in [3.05, 3.63) is 47.2 Å². The number of aryl methyl sites for hydroxylation is 1. The lowest BCUT2D eigenvalue weighted by Gasteiger charge is -2.05. The van der Waals surface area contributed by atoms with E-state index in [9.17, 15) is 9.90 Å². The smallest absolute Gasteiger partial charge is 0.335 e. The molecule has 0 aliphatic rings. The minimum Gasteiger partial charge on any atom is -0.509 e. The monoisotopic (exact) mass is 222 g/mol. The minimum absolute atomic E-state index is 0.133. The number of aliphatic hydroxyl groups is 2. The molecule has 4 heteroatoms. The summed E-state index contributed by atoms with van der Waals surface area (Å²) < 4.78 is 0. The fraction of sp³-hybridized carbons (Fsp3) is 0.250. The lowest BCUT2D eigenvalue weighted by Crippen LogP contribution is -2.08. The summed E-state index contributed by atoms with van der Waals surface area (Å²) in [5.41, 5.74) is 0.860. The molecule has 0 aliphatic heterocycles. The second kappa shape index (κ2) is 5.92. The third-order valence-corrected chi connectivity index (χ3v) is 2.26. The van der Waals surface area contributed by atoms with Crippen molar-refractivity contribution >= 4 is 5.97 Å². The van der Waals surface area contributed by atoms with Gasteiger partial charge in [-0.05, 0) is 18.4 Å². The molecular weight excluding hydrogens is 208 g/mol. The van der Waals surface area contributed by atoms with Crippen LogP contribution >= 0.6 is 0 Å². The van der Waals surface area contributed by atoms with Gasteiger partial charge in [-0.15, -0.1) is 0 Å². The van der Waals surface area contributed by atoms with Gasteiger partial charge in [0.05, 0.1) is 5.57 Å². The average molecular weight is 222 g/mol. The summed E-state index contributed by atoms with van der Waals surface area (Å²) in [6, 6.07) is 9.38. The number of carboxylic acid groups (broad SMARTS) is 1. The molecule has 0 bridgehead atoms. The van der Waals surface area contributed by atoms with E-state index in [0.717, 1.165) is 5.56 Å². The van der Waals surface area contributed by atoms with Gasteiger partial charge in [0.2, 0.25) is 0 Å². The quantitative estimate of drug-likeness (QED) is 0.521. The van der Waals surface area contributed by atoms with Crippen LogP contribution in [-0.4, -0.2) is 27.9 Å². The van der Waals surface area contributed by atoms with Gasteiger partial charge >= 0.3 is 5.97 Å². The summed E-state index contributed by atoms with van der Waals surface area (Å²) in [6.07, 6.45) is 0.721. The normalized spacial score (nSPS) is 12.1. The molecule has 0 atom stereocenters. The second-order valence-electron chi connectivity index (χ2n) is 3.37. The SMILES string of the molecule is O=C(O)/C(CCc1ccccc1)=C(\O)CO. The van der Waals surface area contributed by atoms with Crippen molar-refractivity contribution < 1.29 is 20.1 Å². The van der Waals surface area contributed by atoms with Gasteiger partial charge in [-0.25, -0.2) is 4.79 Å². The number of benzene rings is 1. The van der Waals surface area contributed by atoms with Crippen molar-refractivity contribution in [2.24, 2.45) is 0 Å². The van der Waals surface area contributed by atoms with E-state index in [4.69, 9.17) is 10.2 Å². The van der Waals surface area contributed by atoms with E-state index >= 15 is 0 Å². The first kappa shape index (κ1) is 12.3. The van der Waals surface area contributed by atoms with E-state index in [1.54, 1.807) is 0 Å². The van der Waals surface area contributed by atoms with Crippen molar-refractivity contribution in [3.63, 3.8) is 0 Å². The molecule has 1 aromatic carbocycles. The van der Waals surface area contributed by atoms with Gasteiger partial charge in [-0.1, -0.05) is 30.3 Å². The summed E-state index contributed by atoms with van der Waals surface area (Å²) in [6.45, 7) is -0.642. The molecule has 0 radical (unpaired) electrons. The third kappa shape index (κ3) is 3.40. The summed E-state index contributed by atoms with van der Waals surface area (Å²) in [7, 11) is 0. The molecule has 0 saturated carbocycles. The standard InChI is InChI=1S/C12H14O4/c13-8-11(14)10(12(15)16)7-6-9-4-2-1-3-5-9/h1-5,13-14H,6-8H2,(H,15,16)/b11-10-. The lowest BCUT2D eigenvalue weighted by molar-refractivity contribution is -0.133. The molecule has 0 spiro atoms. The van der Waals surface area contributed by atoms with Crippen molar-refractivity contribution in [2.45, 2.75) is 12.8 Å². The Morgan fingerprint density at radius 3 is 2.25 bits per heavy atom. The zero-order valence-electron chi connectivity index (χ0n) is 8.76. The van der Waals surface area contributed by atoms with Gasteiger partial charge in [0, 0.05) is 0 Å². The second-order valence-corrected chi connectivity index (χ2v) is 3.37. The van der Waals surface area contributed by atoms with Crippen LogP contribution in [-0.2, 0) is 11.2 Å². The summed E-state index contributed by atoms with van der Waals surface area (Å²) in [5, 5.41) is 26.7. The maximum absolute atomic E-state index is 10.8. The first-order valence-corrected chi connectivity index (χ1v) is 4.94. The molecule has 0 aliphatic carbocycles. The Balaban J connectivity index is 2.69. The molecule has 0 unspecified atom stereocenters. The zero-order chi connectivity index (χ0) is 12.0. The Hall–Kier alpha value is -1.81. The van der Waals surface area contributed by atoms with E-state index in [0.29, 0.717) is 6.42 Å². The molecule has 4 nitrogen and oxygen atoms in total. The van der Waals surface area contributed by atoms with Gasteiger partial charge in [0.1, 0.15) is 12.4 Å². The number of carboxylic acids is 1. The fourth-order valence-corrected chi connectivity index (χ4v) is 1.38. The van der Waals surface area contributed by atoms with Crippen LogP contribution in [0.5, 0.6) is 0 Å². The van der Waals surface area contributed by atoms with Crippen LogP contribution in [0.15, 0.2) is 41.7 Å². The van der Waals surface area contributed by atoms with Gasteiger partial charge in [0.15, 0.2) is 0 Å². The van der Waals surface area contributed by atoms with E-state index in [1.807, 2.05) is 30.3 Å². The van der Waals surface area contributed by atoms with Crippen LogP contribution in [0.2, 0.25) is 0 Å². The first-order chi connectivity index (χ1) is 7.65. The zero-order valence-corrected chi connectivity index (χ0v) is 8.76. The molecule has 0 amide bonds. The molecule has 1 rings (SSSR count). The molecular formula is C12H14O4. The summed E-state index contributed by atoms with van der Waals surface area (Å²) in [4.78, 5) is 10.8. The number of hydrogen-bond acceptors (Lipinski definition) is 3. The van der Waals surface area contributed by atoms with Crippen LogP contribution in [0.4, 0.5) is 0 Å². The Bertz CT molecular complexity index is 381. The number of aliphatic hydroxyl groups excluding tert-OH is 2. The van der Waals surface area contributed by atoms with Gasteiger partial charge in [-0.3, -0.25) is 0 Å². The Morgan fingerprint density at radius 2 is 1.75 bits per heavy atom. The van der Waals surface area contributed by atoms with Gasteiger partial charge in [0.25, 0.3) is 0 Å². The van der Waals surface area contributed by atoms with Gasteiger partial charge in [-0.2, -0.15) is 0 Å². The Labute approximate surface area is 93.5 Å².